The van der Waals surface area contributed by atoms with E-state index >= 15 is 0 Å². The molecule has 0 aliphatic carbocycles. The highest BCUT2D eigenvalue weighted by molar-refractivity contribution is 6.00. The fourth-order valence-corrected chi connectivity index (χ4v) is 1.78. The third-order valence-corrected chi connectivity index (χ3v) is 2.90. The number of non-ortho nitro benzene ring substituents is 1. The number of nitrogens with two attached hydrogens (primary N) is 1. The van der Waals surface area contributed by atoms with Crippen LogP contribution < -0.4 is 5.73 Å². The van der Waals surface area contributed by atoms with Crippen LogP contribution in [0.4, 0.5) is 11.4 Å². The third kappa shape index (κ3) is 3.67. The number of anilines is 1. The number of amides is 1. The molecule has 110 valence electrons. The Bertz CT molecular complexity index is 502. The number of ether oxygens (including phenoxy) is 1. The fourth-order valence-electron chi connectivity index (χ4n) is 1.78. The Balaban J connectivity index is 3.10. The first-order chi connectivity index (χ1) is 9.38. The van der Waals surface area contributed by atoms with Gasteiger partial charge in [-0.1, -0.05) is 0 Å². The summed E-state index contributed by atoms with van der Waals surface area (Å²) in [5.74, 6) is -0.335. The van der Waals surface area contributed by atoms with Crippen LogP contribution >= 0.6 is 0 Å². The molecule has 0 atom stereocenters. The summed E-state index contributed by atoms with van der Waals surface area (Å²) in [4.78, 5) is 24.3. The molecule has 1 aromatic rings. The average Bonchev–Trinajstić information content (AvgIpc) is 2.38. The van der Waals surface area contributed by atoms with Crippen molar-refractivity contribution in [3.8, 4) is 0 Å². The molecular weight excluding hydrogens is 262 g/mol. The minimum atomic E-state index is -0.551. The number of benzene rings is 1. The number of nitrogens with zero attached hydrogens (tertiary/aromatic N) is 2. The quantitative estimate of drug-likeness (QED) is 0.486. The smallest absolute Gasteiger partial charge is 0.270 e. The highest BCUT2D eigenvalue weighted by Crippen LogP contribution is 2.22. The maximum atomic E-state index is 12.5. The van der Waals surface area contributed by atoms with Crippen LogP contribution in [0.15, 0.2) is 18.2 Å². The van der Waals surface area contributed by atoms with Gasteiger partial charge in [-0.3, -0.25) is 14.9 Å². The number of methoxy groups -OCH3 is 1. The summed E-state index contributed by atoms with van der Waals surface area (Å²) >= 11 is 0. The molecule has 0 radical (unpaired) electrons. The van der Waals surface area contributed by atoms with E-state index in [2.05, 4.69) is 0 Å². The largest absolute Gasteiger partial charge is 0.398 e. The Kier molecular flexibility index (Phi) is 5.45. The average molecular weight is 281 g/mol. The number of rotatable bonds is 6. The van der Waals surface area contributed by atoms with Crippen molar-refractivity contribution < 1.29 is 14.5 Å². The zero-order valence-electron chi connectivity index (χ0n) is 11.8. The van der Waals surface area contributed by atoms with Crippen LogP contribution in [0.25, 0.3) is 0 Å². The van der Waals surface area contributed by atoms with Crippen molar-refractivity contribution in [2.24, 2.45) is 0 Å². The van der Waals surface area contributed by atoms with E-state index in [1.165, 1.54) is 18.2 Å². The molecule has 1 rings (SSSR count). The van der Waals surface area contributed by atoms with Crippen LogP contribution in [0.3, 0.4) is 0 Å². The Morgan fingerprint density at radius 3 is 2.65 bits per heavy atom. The monoisotopic (exact) mass is 281 g/mol. The van der Waals surface area contributed by atoms with Crippen LogP contribution in [-0.2, 0) is 4.74 Å². The van der Waals surface area contributed by atoms with E-state index in [9.17, 15) is 14.9 Å². The molecular formula is C13H19N3O4. The van der Waals surface area contributed by atoms with Gasteiger partial charge in [-0.25, -0.2) is 0 Å². The van der Waals surface area contributed by atoms with E-state index in [1.54, 1.807) is 12.0 Å². The van der Waals surface area contributed by atoms with Gasteiger partial charge in [-0.15, -0.1) is 0 Å². The van der Waals surface area contributed by atoms with Crippen LogP contribution in [-0.4, -0.2) is 42.0 Å². The minimum absolute atomic E-state index is 0.0590. The minimum Gasteiger partial charge on any atom is -0.398 e. The van der Waals surface area contributed by atoms with E-state index in [4.69, 9.17) is 10.5 Å². The van der Waals surface area contributed by atoms with Gasteiger partial charge >= 0.3 is 0 Å². The van der Waals surface area contributed by atoms with Crippen molar-refractivity contribution in [1.29, 1.82) is 0 Å². The highest BCUT2D eigenvalue weighted by Gasteiger charge is 2.22. The number of nitro groups is 1. The van der Waals surface area contributed by atoms with Crippen LogP contribution in [0.5, 0.6) is 0 Å². The standard InChI is InChI=1S/C13H19N3O4/c1-9(2)15(6-7-20-3)13(17)11-8-10(16(18)19)4-5-12(11)14/h4-5,8-9H,6-7,14H2,1-3H3. The first kappa shape index (κ1) is 15.9. The number of nitro benzene ring substituents is 1. The lowest BCUT2D eigenvalue weighted by molar-refractivity contribution is -0.384. The van der Waals surface area contributed by atoms with Crippen molar-refractivity contribution in [3.63, 3.8) is 0 Å². The lowest BCUT2D eigenvalue weighted by atomic mass is 10.1. The molecule has 0 heterocycles. The van der Waals surface area contributed by atoms with Crippen molar-refractivity contribution >= 4 is 17.3 Å². The highest BCUT2D eigenvalue weighted by atomic mass is 16.6. The lowest BCUT2D eigenvalue weighted by Crippen LogP contribution is -2.39. The molecule has 7 heteroatoms. The molecule has 0 fully saturated rings. The summed E-state index contributed by atoms with van der Waals surface area (Å²) in [6.07, 6.45) is 0. The lowest BCUT2D eigenvalue weighted by Gasteiger charge is -2.27. The fraction of sp³-hybridized carbons (Fsp3) is 0.462. The number of carbonyl (C=O) groups excluding carboxylic acids is 1. The first-order valence-corrected chi connectivity index (χ1v) is 6.22. The second kappa shape index (κ2) is 6.85. The molecule has 2 N–H and O–H groups in total. The number of hydrogen-bond acceptors (Lipinski definition) is 5. The summed E-state index contributed by atoms with van der Waals surface area (Å²) in [5.41, 5.74) is 5.97. The van der Waals surface area contributed by atoms with Crippen LogP contribution in [0, 0.1) is 10.1 Å². The Hall–Kier alpha value is -2.15. The molecule has 7 nitrogen and oxygen atoms in total. The Morgan fingerprint density at radius 2 is 2.15 bits per heavy atom. The molecule has 1 amide bonds. The molecule has 0 saturated heterocycles. The molecule has 1 aromatic carbocycles. The summed E-state index contributed by atoms with van der Waals surface area (Å²) in [5, 5.41) is 10.8. The topological polar surface area (TPSA) is 98.7 Å². The molecule has 0 aliphatic heterocycles. The van der Waals surface area contributed by atoms with Gasteiger partial charge in [0.25, 0.3) is 11.6 Å². The molecule has 0 unspecified atom stereocenters. The zero-order chi connectivity index (χ0) is 15.3. The number of carbonyl (C=O) groups is 1. The van der Waals surface area contributed by atoms with E-state index in [-0.39, 0.29) is 28.9 Å². The van der Waals surface area contributed by atoms with Gasteiger partial charge in [-0.05, 0) is 19.9 Å². The third-order valence-electron chi connectivity index (χ3n) is 2.90. The van der Waals surface area contributed by atoms with E-state index in [0.29, 0.717) is 13.2 Å². The van der Waals surface area contributed by atoms with Crippen molar-refractivity contribution in [2.45, 2.75) is 19.9 Å². The van der Waals surface area contributed by atoms with Gasteiger partial charge in [0.05, 0.1) is 17.1 Å². The summed E-state index contributed by atoms with van der Waals surface area (Å²) in [6.45, 7) is 4.51. The van der Waals surface area contributed by atoms with Gasteiger partial charge < -0.3 is 15.4 Å². The summed E-state index contributed by atoms with van der Waals surface area (Å²) in [7, 11) is 1.55. The Morgan fingerprint density at radius 1 is 1.50 bits per heavy atom. The molecule has 0 saturated carbocycles. The Labute approximate surface area is 117 Å². The van der Waals surface area contributed by atoms with Gasteiger partial charge in [0.2, 0.25) is 0 Å². The molecule has 0 aromatic heterocycles. The zero-order valence-corrected chi connectivity index (χ0v) is 11.8. The maximum absolute atomic E-state index is 12.5. The van der Waals surface area contributed by atoms with Crippen LogP contribution in [0.1, 0.15) is 24.2 Å². The predicted molar refractivity (Wildman–Crippen MR) is 75.6 cm³/mol. The summed E-state index contributed by atoms with van der Waals surface area (Å²) in [6, 6.07) is 3.80. The summed E-state index contributed by atoms with van der Waals surface area (Å²) < 4.78 is 4.97. The van der Waals surface area contributed by atoms with Gasteiger partial charge in [0, 0.05) is 37.5 Å². The van der Waals surface area contributed by atoms with Crippen molar-refractivity contribution in [2.75, 3.05) is 26.0 Å². The number of nitrogen functional groups attached to an aromatic ring is 1. The van der Waals surface area contributed by atoms with Crippen LogP contribution in [0.2, 0.25) is 0 Å². The van der Waals surface area contributed by atoms with E-state index < -0.39 is 4.92 Å². The van der Waals surface area contributed by atoms with Crippen molar-refractivity contribution in [1.82, 2.24) is 4.90 Å². The first-order valence-electron chi connectivity index (χ1n) is 6.22. The van der Waals surface area contributed by atoms with Crippen molar-refractivity contribution in [3.05, 3.63) is 33.9 Å². The second-order valence-electron chi connectivity index (χ2n) is 4.61. The number of hydrogen-bond donors (Lipinski definition) is 1. The van der Waals surface area contributed by atoms with Gasteiger partial charge in [-0.2, -0.15) is 0 Å². The molecule has 0 bridgehead atoms. The van der Waals surface area contributed by atoms with Gasteiger partial charge in [0.15, 0.2) is 0 Å². The molecule has 0 spiro atoms. The van der Waals surface area contributed by atoms with Gasteiger partial charge in [0.1, 0.15) is 0 Å². The SMILES string of the molecule is COCCN(C(=O)c1cc([N+](=O)[O-])ccc1N)C(C)C. The second-order valence-corrected chi connectivity index (χ2v) is 4.61. The normalized spacial score (nSPS) is 10.6. The predicted octanol–water partition coefficient (Wildman–Crippen LogP) is 1.67. The molecule has 20 heavy (non-hydrogen) atoms. The molecule has 0 aliphatic rings. The maximum Gasteiger partial charge on any atom is 0.270 e. The van der Waals surface area contributed by atoms with E-state index in [1.807, 2.05) is 13.8 Å². The van der Waals surface area contributed by atoms with E-state index in [0.717, 1.165) is 0 Å².